The van der Waals surface area contributed by atoms with E-state index in [1.165, 1.54) is 0 Å². The van der Waals surface area contributed by atoms with Crippen LogP contribution < -0.4 is 0 Å². The van der Waals surface area contributed by atoms with E-state index in [4.69, 9.17) is 4.98 Å². The van der Waals surface area contributed by atoms with Gasteiger partial charge in [-0.25, -0.2) is 9.78 Å². The Morgan fingerprint density at radius 1 is 1.13 bits per heavy atom. The van der Waals surface area contributed by atoms with Crippen LogP contribution in [0.15, 0.2) is 24.3 Å². The van der Waals surface area contributed by atoms with Crippen molar-refractivity contribution in [1.82, 2.24) is 19.8 Å². The Kier molecular flexibility index (Phi) is 3.71. The smallest absolute Gasteiger partial charge is 0.320 e. The molecule has 2 fully saturated rings. The maximum absolute atomic E-state index is 12.6. The number of urea groups is 1. The number of benzene rings is 1. The van der Waals surface area contributed by atoms with Crippen LogP contribution in [0.2, 0.25) is 0 Å². The van der Waals surface area contributed by atoms with Crippen molar-refractivity contribution in [2.45, 2.75) is 32.1 Å². The molecule has 0 saturated carbocycles. The molecule has 2 saturated heterocycles. The molecular formula is C18H24N4O. The number of imidazole rings is 1. The number of hydrogen-bond acceptors (Lipinski definition) is 2. The molecule has 1 aromatic heterocycles. The Hall–Kier alpha value is -2.04. The van der Waals surface area contributed by atoms with Crippen molar-refractivity contribution in [3.63, 3.8) is 0 Å². The van der Waals surface area contributed by atoms with E-state index >= 15 is 0 Å². The van der Waals surface area contributed by atoms with E-state index in [1.807, 2.05) is 28.0 Å². The van der Waals surface area contributed by atoms with Crippen LogP contribution in [0.1, 0.15) is 37.9 Å². The van der Waals surface area contributed by atoms with E-state index in [2.05, 4.69) is 18.0 Å². The number of aromatic nitrogens is 2. The highest BCUT2D eigenvalue weighted by molar-refractivity contribution is 5.75. The van der Waals surface area contributed by atoms with Gasteiger partial charge < -0.3 is 14.8 Å². The first-order chi connectivity index (χ1) is 11.2. The van der Waals surface area contributed by atoms with Gasteiger partial charge in [-0.3, -0.25) is 0 Å². The molecule has 5 nitrogen and oxygen atoms in total. The number of fused-ring (bicyclic) bond motifs is 1. The van der Waals surface area contributed by atoms with E-state index in [-0.39, 0.29) is 6.03 Å². The van der Waals surface area contributed by atoms with Gasteiger partial charge >= 0.3 is 6.03 Å². The lowest BCUT2D eigenvalue weighted by Crippen LogP contribution is -2.45. The van der Waals surface area contributed by atoms with Gasteiger partial charge in [-0.15, -0.1) is 0 Å². The van der Waals surface area contributed by atoms with Crippen LogP contribution in [0.5, 0.6) is 0 Å². The zero-order valence-corrected chi connectivity index (χ0v) is 13.7. The van der Waals surface area contributed by atoms with Crippen LogP contribution in [0.3, 0.4) is 0 Å². The molecule has 23 heavy (non-hydrogen) atoms. The maximum Gasteiger partial charge on any atom is 0.320 e. The molecule has 5 heteroatoms. The number of carbonyl (C=O) groups excluding carboxylic acids is 1. The first-order valence-corrected chi connectivity index (χ1v) is 8.69. The van der Waals surface area contributed by atoms with Crippen molar-refractivity contribution < 1.29 is 4.79 Å². The zero-order chi connectivity index (χ0) is 15.8. The first kappa shape index (κ1) is 14.5. The standard InChI is InChI=1S/C18H24N4O/c1-13-6-9-22(12-13)18(23)21-10-7-14(8-11-21)17-19-15-4-2-3-5-16(15)20-17/h2-5,13-14H,6-12H2,1H3,(H,19,20). The number of rotatable bonds is 1. The molecule has 1 atom stereocenters. The van der Waals surface area contributed by atoms with Gasteiger partial charge in [0.25, 0.3) is 0 Å². The van der Waals surface area contributed by atoms with E-state index in [0.717, 1.165) is 62.3 Å². The fourth-order valence-corrected chi connectivity index (χ4v) is 3.82. The van der Waals surface area contributed by atoms with Crippen LogP contribution in [0, 0.1) is 5.92 Å². The summed E-state index contributed by atoms with van der Waals surface area (Å²) in [5.74, 6) is 2.16. The Labute approximate surface area is 136 Å². The highest BCUT2D eigenvalue weighted by Gasteiger charge is 2.31. The van der Waals surface area contributed by atoms with Gasteiger partial charge in [0.05, 0.1) is 11.0 Å². The van der Waals surface area contributed by atoms with Gasteiger partial charge in [-0.05, 0) is 37.3 Å². The first-order valence-electron chi connectivity index (χ1n) is 8.69. The molecule has 2 aromatic rings. The Morgan fingerprint density at radius 2 is 1.87 bits per heavy atom. The maximum atomic E-state index is 12.6. The van der Waals surface area contributed by atoms with Crippen molar-refractivity contribution in [2.24, 2.45) is 5.92 Å². The molecule has 0 bridgehead atoms. The lowest BCUT2D eigenvalue weighted by atomic mass is 9.96. The van der Waals surface area contributed by atoms with Crippen molar-refractivity contribution in [3.05, 3.63) is 30.1 Å². The third-order valence-corrected chi connectivity index (χ3v) is 5.25. The Bertz CT molecular complexity index is 669. The van der Waals surface area contributed by atoms with Crippen molar-refractivity contribution in [2.75, 3.05) is 26.2 Å². The number of hydrogen-bond donors (Lipinski definition) is 1. The minimum absolute atomic E-state index is 0.234. The van der Waals surface area contributed by atoms with E-state index in [9.17, 15) is 4.79 Å². The van der Waals surface area contributed by atoms with Gasteiger partial charge in [0, 0.05) is 32.1 Å². The number of aromatic amines is 1. The fourth-order valence-electron chi connectivity index (χ4n) is 3.82. The van der Waals surface area contributed by atoms with Gasteiger partial charge in [-0.1, -0.05) is 19.1 Å². The molecule has 122 valence electrons. The molecular weight excluding hydrogens is 288 g/mol. The lowest BCUT2D eigenvalue weighted by Gasteiger charge is -2.34. The number of para-hydroxylation sites is 2. The normalized spacial score (nSPS) is 22.9. The minimum atomic E-state index is 0.234. The highest BCUT2D eigenvalue weighted by atomic mass is 16.2. The summed E-state index contributed by atoms with van der Waals surface area (Å²) in [7, 11) is 0. The van der Waals surface area contributed by atoms with Crippen LogP contribution in [-0.2, 0) is 0 Å². The summed E-state index contributed by atoms with van der Waals surface area (Å²) in [4.78, 5) is 24.8. The summed E-state index contributed by atoms with van der Waals surface area (Å²) >= 11 is 0. The van der Waals surface area contributed by atoms with Crippen LogP contribution >= 0.6 is 0 Å². The molecule has 3 heterocycles. The third kappa shape index (κ3) is 2.80. The van der Waals surface area contributed by atoms with Crippen molar-refractivity contribution >= 4 is 17.1 Å². The highest BCUT2D eigenvalue weighted by Crippen LogP contribution is 2.28. The average molecular weight is 312 g/mol. The predicted molar refractivity (Wildman–Crippen MR) is 90.4 cm³/mol. The summed E-state index contributed by atoms with van der Waals surface area (Å²) < 4.78 is 0. The van der Waals surface area contributed by atoms with E-state index in [0.29, 0.717) is 11.8 Å². The molecule has 4 rings (SSSR count). The zero-order valence-electron chi connectivity index (χ0n) is 13.7. The third-order valence-electron chi connectivity index (χ3n) is 5.25. The number of H-pyrrole nitrogens is 1. The quantitative estimate of drug-likeness (QED) is 0.879. The van der Waals surface area contributed by atoms with Crippen LogP contribution in [0.25, 0.3) is 11.0 Å². The monoisotopic (exact) mass is 312 g/mol. The molecule has 2 aliphatic heterocycles. The van der Waals surface area contributed by atoms with Gasteiger partial charge in [0.1, 0.15) is 5.82 Å². The molecule has 0 radical (unpaired) electrons. The van der Waals surface area contributed by atoms with Crippen LogP contribution in [-0.4, -0.2) is 52.0 Å². The van der Waals surface area contributed by atoms with E-state index < -0.39 is 0 Å². The summed E-state index contributed by atoms with van der Waals surface area (Å²) in [5, 5.41) is 0. The molecule has 0 spiro atoms. The summed E-state index contributed by atoms with van der Waals surface area (Å²) in [6, 6.07) is 8.40. The topological polar surface area (TPSA) is 52.2 Å². The molecule has 2 aliphatic rings. The number of carbonyl (C=O) groups is 1. The number of amides is 2. The number of likely N-dealkylation sites (tertiary alicyclic amines) is 2. The summed E-state index contributed by atoms with van der Waals surface area (Å²) in [5.41, 5.74) is 2.14. The lowest BCUT2D eigenvalue weighted by molar-refractivity contribution is 0.147. The molecule has 2 amide bonds. The minimum Gasteiger partial charge on any atom is -0.342 e. The molecule has 1 unspecified atom stereocenters. The second-order valence-corrected chi connectivity index (χ2v) is 7.02. The summed E-state index contributed by atoms with van der Waals surface area (Å²) in [6.07, 6.45) is 3.13. The number of nitrogens with one attached hydrogen (secondary N) is 1. The second kappa shape index (κ2) is 5.87. The Balaban J connectivity index is 1.39. The molecule has 1 N–H and O–H groups in total. The van der Waals surface area contributed by atoms with Gasteiger partial charge in [0.2, 0.25) is 0 Å². The van der Waals surface area contributed by atoms with Crippen molar-refractivity contribution in [3.8, 4) is 0 Å². The number of piperidine rings is 1. The SMILES string of the molecule is CC1CCN(C(=O)N2CCC(c3nc4ccccc4[nH]3)CC2)C1. The second-order valence-electron chi connectivity index (χ2n) is 7.02. The van der Waals surface area contributed by atoms with Crippen molar-refractivity contribution in [1.29, 1.82) is 0 Å². The summed E-state index contributed by atoms with van der Waals surface area (Å²) in [6.45, 7) is 5.74. The largest absolute Gasteiger partial charge is 0.342 e. The average Bonchev–Trinajstić information content (AvgIpc) is 3.20. The molecule has 1 aromatic carbocycles. The molecule has 0 aliphatic carbocycles. The van der Waals surface area contributed by atoms with Gasteiger partial charge in [-0.2, -0.15) is 0 Å². The fraction of sp³-hybridized carbons (Fsp3) is 0.556. The number of nitrogens with zero attached hydrogens (tertiary/aromatic N) is 3. The van der Waals surface area contributed by atoms with Gasteiger partial charge in [0.15, 0.2) is 0 Å². The predicted octanol–water partition coefficient (Wildman–Crippen LogP) is 3.20. The van der Waals surface area contributed by atoms with Crippen LogP contribution in [0.4, 0.5) is 4.79 Å². The van der Waals surface area contributed by atoms with E-state index in [1.54, 1.807) is 0 Å². The Morgan fingerprint density at radius 3 is 2.57 bits per heavy atom.